The van der Waals surface area contributed by atoms with Gasteiger partial charge >= 0.3 is 5.97 Å². The average molecular weight is 316 g/mol. The minimum absolute atomic E-state index is 0.0906. The first-order valence-electron chi connectivity index (χ1n) is 9.82. The lowest BCUT2D eigenvalue weighted by molar-refractivity contribution is -0.157. The summed E-state index contributed by atoms with van der Waals surface area (Å²) < 4.78 is 5.74. The number of carbonyl (C=O) groups is 1. The molecule has 0 N–H and O–H groups in total. The van der Waals surface area contributed by atoms with Crippen LogP contribution in [-0.2, 0) is 9.53 Å². The number of allylic oxidation sites excluding steroid dienone is 2. The molecule has 2 heteroatoms. The van der Waals surface area contributed by atoms with E-state index in [9.17, 15) is 4.79 Å². The second-order valence-corrected chi connectivity index (χ2v) is 9.17. The third-order valence-corrected chi connectivity index (χ3v) is 8.25. The minimum Gasteiger partial charge on any atom is -0.462 e. The first-order chi connectivity index (χ1) is 10.9. The van der Waals surface area contributed by atoms with Gasteiger partial charge in [-0.05, 0) is 81.0 Å². The van der Waals surface area contributed by atoms with E-state index >= 15 is 0 Å². The van der Waals surface area contributed by atoms with Gasteiger partial charge in [-0.1, -0.05) is 25.5 Å². The number of ether oxygens (including phenoxy) is 1. The van der Waals surface area contributed by atoms with Gasteiger partial charge in [-0.25, -0.2) is 0 Å². The van der Waals surface area contributed by atoms with Crippen molar-refractivity contribution in [3.05, 3.63) is 11.6 Å². The molecule has 0 heterocycles. The summed E-state index contributed by atoms with van der Waals surface area (Å²) in [6.07, 6.45) is 14.5. The van der Waals surface area contributed by atoms with Crippen LogP contribution < -0.4 is 0 Å². The standard InChI is InChI=1S/C21H32O2/c1-14(22)23-19-10-9-17-16-8-7-15-6-4-5-12-20(15,2)18(16)11-13-21(17,19)3/h6,16-19H,4-5,7-13H2,1-3H3. The van der Waals surface area contributed by atoms with Crippen molar-refractivity contribution in [2.75, 3.05) is 0 Å². The molecule has 3 fully saturated rings. The normalized spacial score (nSPS) is 48.7. The van der Waals surface area contributed by atoms with Crippen molar-refractivity contribution < 1.29 is 9.53 Å². The van der Waals surface area contributed by atoms with Crippen LogP contribution in [0.1, 0.15) is 78.6 Å². The number of esters is 1. The molecule has 4 aliphatic carbocycles. The van der Waals surface area contributed by atoms with Crippen LogP contribution in [0.4, 0.5) is 0 Å². The van der Waals surface area contributed by atoms with Gasteiger partial charge < -0.3 is 4.74 Å². The Balaban J connectivity index is 1.61. The first kappa shape index (κ1) is 15.7. The largest absolute Gasteiger partial charge is 0.462 e. The molecule has 0 bridgehead atoms. The molecule has 0 aromatic carbocycles. The topological polar surface area (TPSA) is 26.3 Å². The zero-order chi connectivity index (χ0) is 16.2. The molecule has 128 valence electrons. The maximum atomic E-state index is 11.5. The van der Waals surface area contributed by atoms with Crippen molar-refractivity contribution in [1.29, 1.82) is 0 Å². The molecule has 23 heavy (non-hydrogen) atoms. The first-order valence-corrected chi connectivity index (χ1v) is 9.82. The summed E-state index contributed by atoms with van der Waals surface area (Å²) in [6, 6.07) is 0. The van der Waals surface area contributed by atoms with E-state index < -0.39 is 0 Å². The van der Waals surface area contributed by atoms with E-state index in [1.54, 1.807) is 12.5 Å². The molecule has 0 aromatic heterocycles. The molecule has 3 saturated carbocycles. The molecule has 0 spiro atoms. The third kappa shape index (κ3) is 2.23. The average Bonchev–Trinajstić information content (AvgIpc) is 2.83. The highest BCUT2D eigenvalue weighted by Crippen LogP contribution is 2.65. The van der Waals surface area contributed by atoms with Crippen molar-refractivity contribution in [2.24, 2.45) is 28.6 Å². The number of carbonyl (C=O) groups excluding carboxylic acids is 1. The molecule has 0 radical (unpaired) electrons. The lowest BCUT2D eigenvalue weighted by Gasteiger charge is -2.58. The van der Waals surface area contributed by atoms with E-state index in [4.69, 9.17) is 4.74 Å². The van der Waals surface area contributed by atoms with Crippen molar-refractivity contribution in [2.45, 2.75) is 84.7 Å². The van der Waals surface area contributed by atoms with Crippen molar-refractivity contribution in [3.63, 3.8) is 0 Å². The van der Waals surface area contributed by atoms with Gasteiger partial charge in [0.2, 0.25) is 0 Å². The summed E-state index contributed by atoms with van der Waals surface area (Å²) in [4.78, 5) is 11.5. The Bertz CT molecular complexity index is 536. The lowest BCUT2D eigenvalue weighted by atomic mass is 9.47. The van der Waals surface area contributed by atoms with Gasteiger partial charge in [-0.15, -0.1) is 0 Å². The predicted octanol–water partition coefficient (Wildman–Crippen LogP) is 5.27. The fourth-order valence-electron chi connectivity index (χ4n) is 7.10. The fourth-order valence-corrected chi connectivity index (χ4v) is 7.10. The number of hydrogen-bond donors (Lipinski definition) is 0. The van der Waals surface area contributed by atoms with E-state index in [0.29, 0.717) is 5.41 Å². The molecule has 0 saturated heterocycles. The van der Waals surface area contributed by atoms with Gasteiger partial charge in [-0.3, -0.25) is 4.79 Å². The Morgan fingerprint density at radius 1 is 1.13 bits per heavy atom. The smallest absolute Gasteiger partial charge is 0.302 e. The Morgan fingerprint density at radius 3 is 2.74 bits per heavy atom. The summed E-state index contributed by atoms with van der Waals surface area (Å²) >= 11 is 0. The molecule has 0 aromatic rings. The molecule has 6 atom stereocenters. The summed E-state index contributed by atoms with van der Waals surface area (Å²) in [7, 11) is 0. The van der Waals surface area contributed by atoms with Crippen LogP contribution in [0.3, 0.4) is 0 Å². The minimum atomic E-state index is -0.0906. The Morgan fingerprint density at radius 2 is 1.96 bits per heavy atom. The second-order valence-electron chi connectivity index (χ2n) is 9.17. The highest BCUT2D eigenvalue weighted by atomic mass is 16.5. The van der Waals surface area contributed by atoms with Crippen LogP contribution in [0.2, 0.25) is 0 Å². The number of hydrogen-bond acceptors (Lipinski definition) is 2. The summed E-state index contributed by atoms with van der Waals surface area (Å²) in [6.45, 7) is 6.56. The molecule has 0 amide bonds. The molecule has 0 aliphatic heterocycles. The van der Waals surface area contributed by atoms with Gasteiger partial charge in [0.1, 0.15) is 6.10 Å². The van der Waals surface area contributed by atoms with E-state index in [1.807, 2.05) is 0 Å². The van der Waals surface area contributed by atoms with Gasteiger partial charge in [-0.2, -0.15) is 0 Å². The summed E-state index contributed by atoms with van der Waals surface area (Å²) in [5.41, 5.74) is 2.49. The molecule has 4 aliphatic rings. The summed E-state index contributed by atoms with van der Waals surface area (Å²) in [5.74, 6) is 2.41. The zero-order valence-corrected chi connectivity index (χ0v) is 15.1. The quantitative estimate of drug-likeness (QED) is 0.486. The van der Waals surface area contributed by atoms with Gasteiger partial charge in [0.05, 0.1) is 0 Å². The SMILES string of the molecule is CC(=O)OC1CCC2C3CCC4=CCCCC4(C)C3CCC12C. The van der Waals surface area contributed by atoms with Crippen molar-refractivity contribution >= 4 is 5.97 Å². The number of fused-ring (bicyclic) bond motifs is 5. The molecule has 6 unspecified atom stereocenters. The predicted molar refractivity (Wildman–Crippen MR) is 91.9 cm³/mol. The Hall–Kier alpha value is -0.790. The monoisotopic (exact) mass is 316 g/mol. The highest BCUT2D eigenvalue weighted by molar-refractivity contribution is 5.66. The maximum Gasteiger partial charge on any atom is 0.302 e. The van der Waals surface area contributed by atoms with Gasteiger partial charge in [0.25, 0.3) is 0 Å². The molecule has 4 rings (SSSR count). The Kier molecular flexibility index (Phi) is 3.66. The lowest BCUT2D eigenvalue weighted by Crippen LogP contribution is -2.51. The van der Waals surface area contributed by atoms with Crippen LogP contribution in [0, 0.1) is 28.6 Å². The van der Waals surface area contributed by atoms with Gasteiger partial charge in [0, 0.05) is 12.3 Å². The van der Waals surface area contributed by atoms with Crippen LogP contribution in [0.5, 0.6) is 0 Å². The summed E-state index contributed by atoms with van der Waals surface area (Å²) in [5, 5.41) is 0. The van der Waals surface area contributed by atoms with Crippen LogP contribution >= 0.6 is 0 Å². The maximum absolute atomic E-state index is 11.5. The molecule has 2 nitrogen and oxygen atoms in total. The zero-order valence-electron chi connectivity index (χ0n) is 15.1. The molecular formula is C21H32O2. The third-order valence-electron chi connectivity index (χ3n) is 8.25. The van der Waals surface area contributed by atoms with E-state index in [-0.39, 0.29) is 17.5 Å². The fraction of sp³-hybridized carbons (Fsp3) is 0.857. The number of rotatable bonds is 1. The van der Waals surface area contributed by atoms with E-state index in [2.05, 4.69) is 19.9 Å². The van der Waals surface area contributed by atoms with Crippen molar-refractivity contribution in [3.8, 4) is 0 Å². The second kappa shape index (κ2) is 5.36. The van der Waals surface area contributed by atoms with Crippen molar-refractivity contribution in [1.82, 2.24) is 0 Å². The van der Waals surface area contributed by atoms with Crippen LogP contribution in [-0.4, -0.2) is 12.1 Å². The van der Waals surface area contributed by atoms with Crippen LogP contribution in [0.25, 0.3) is 0 Å². The molecular weight excluding hydrogens is 284 g/mol. The van der Waals surface area contributed by atoms with Crippen LogP contribution in [0.15, 0.2) is 11.6 Å². The van der Waals surface area contributed by atoms with Gasteiger partial charge in [0.15, 0.2) is 0 Å². The highest BCUT2D eigenvalue weighted by Gasteiger charge is 2.59. The van der Waals surface area contributed by atoms with E-state index in [1.165, 1.54) is 51.4 Å². The Labute approximate surface area is 141 Å². The van der Waals surface area contributed by atoms with E-state index in [0.717, 1.165) is 24.2 Å².